The van der Waals surface area contributed by atoms with E-state index in [2.05, 4.69) is 50.4 Å². The third kappa shape index (κ3) is 2.17. The molecule has 84 valence electrons. The average molecular weight is 205 g/mol. The average Bonchev–Trinajstić information content (AvgIpc) is 2.48. The lowest BCUT2D eigenvalue weighted by Gasteiger charge is -2.29. The third-order valence-electron chi connectivity index (χ3n) is 4.07. The van der Waals surface area contributed by atoms with E-state index < -0.39 is 0 Å². The van der Waals surface area contributed by atoms with Gasteiger partial charge in [-0.25, -0.2) is 0 Å². The summed E-state index contributed by atoms with van der Waals surface area (Å²) >= 11 is 0. The van der Waals surface area contributed by atoms with Crippen LogP contribution in [-0.2, 0) is 0 Å². The first-order valence-corrected chi connectivity index (χ1v) is 6.17. The molecule has 15 heavy (non-hydrogen) atoms. The molecule has 0 spiro atoms. The Morgan fingerprint density at radius 2 is 2.07 bits per heavy atom. The fourth-order valence-corrected chi connectivity index (χ4v) is 2.68. The largest absolute Gasteiger partial charge is 0.316 e. The topological polar surface area (TPSA) is 12.0 Å². The fourth-order valence-electron chi connectivity index (χ4n) is 2.68. The zero-order valence-corrected chi connectivity index (χ0v) is 10.2. The Balaban J connectivity index is 2.16. The summed E-state index contributed by atoms with van der Waals surface area (Å²) in [4.78, 5) is 0. The van der Waals surface area contributed by atoms with Gasteiger partial charge in [0.25, 0.3) is 0 Å². The predicted octanol–water partition coefficient (Wildman–Crippen LogP) is 3.00. The standard InChI is InChI=1S/C14H23N/c1-11(2)12-5-4-8-14(3)10-15-9-13(14)7-6-12/h4-7,11-13,15H,8-10H2,1-3H3/b5-4-,7-6-/t12-,13+,14-/m0/s1. The summed E-state index contributed by atoms with van der Waals surface area (Å²) < 4.78 is 0. The minimum Gasteiger partial charge on any atom is -0.316 e. The van der Waals surface area contributed by atoms with Crippen LogP contribution < -0.4 is 5.32 Å². The number of fused-ring (bicyclic) bond motifs is 1. The van der Waals surface area contributed by atoms with Gasteiger partial charge in [-0.2, -0.15) is 0 Å². The van der Waals surface area contributed by atoms with Crippen molar-refractivity contribution in [2.24, 2.45) is 23.2 Å². The molecular weight excluding hydrogens is 182 g/mol. The molecule has 2 rings (SSSR count). The lowest BCUT2D eigenvalue weighted by Crippen LogP contribution is -2.25. The monoisotopic (exact) mass is 205 g/mol. The van der Waals surface area contributed by atoms with E-state index in [0.29, 0.717) is 11.3 Å². The van der Waals surface area contributed by atoms with E-state index in [1.165, 1.54) is 13.0 Å². The molecular formula is C14H23N. The summed E-state index contributed by atoms with van der Waals surface area (Å²) in [5.41, 5.74) is 0.453. The van der Waals surface area contributed by atoms with Crippen LogP contribution in [0.15, 0.2) is 24.3 Å². The van der Waals surface area contributed by atoms with E-state index >= 15 is 0 Å². The summed E-state index contributed by atoms with van der Waals surface area (Å²) in [7, 11) is 0. The molecule has 1 heterocycles. The molecule has 1 saturated heterocycles. The molecule has 0 unspecified atom stereocenters. The second kappa shape index (κ2) is 4.13. The first-order valence-electron chi connectivity index (χ1n) is 6.17. The molecule has 2 aliphatic rings. The Hall–Kier alpha value is -0.560. The normalized spacial score (nSPS) is 44.5. The Morgan fingerprint density at radius 3 is 2.80 bits per heavy atom. The van der Waals surface area contributed by atoms with Crippen molar-refractivity contribution in [1.82, 2.24) is 5.32 Å². The SMILES string of the molecule is CC(C)[C@H]1/C=C\C[C@@]2(C)CNC[C@H]2/C=C\1. The van der Waals surface area contributed by atoms with Gasteiger partial charge in [-0.3, -0.25) is 0 Å². The van der Waals surface area contributed by atoms with Gasteiger partial charge in [0.15, 0.2) is 0 Å². The highest BCUT2D eigenvalue weighted by Crippen LogP contribution is 2.37. The van der Waals surface area contributed by atoms with Gasteiger partial charge in [0.05, 0.1) is 0 Å². The highest BCUT2D eigenvalue weighted by molar-refractivity contribution is 5.13. The Kier molecular flexibility index (Phi) is 3.01. The number of allylic oxidation sites excluding steroid dienone is 3. The molecule has 3 atom stereocenters. The highest BCUT2D eigenvalue weighted by atomic mass is 14.9. The summed E-state index contributed by atoms with van der Waals surface area (Å²) in [5, 5.41) is 3.52. The fraction of sp³-hybridized carbons (Fsp3) is 0.714. The zero-order chi connectivity index (χ0) is 10.9. The van der Waals surface area contributed by atoms with Gasteiger partial charge in [-0.15, -0.1) is 0 Å². The minimum atomic E-state index is 0.453. The van der Waals surface area contributed by atoms with Crippen LogP contribution in [0.5, 0.6) is 0 Å². The van der Waals surface area contributed by atoms with E-state index in [1.807, 2.05) is 0 Å². The molecule has 0 bridgehead atoms. The van der Waals surface area contributed by atoms with E-state index in [0.717, 1.165) is 18.4 Å². The number of nitrogens with one attached hydrogen (secondary N) is 1. The molecule has 1 nitrogen and oxygen atoms in total. The molecule has 0 saturated carbocycles. The first kappa shape index (κ1) is 10.9. The van der Waals surface area contributed by atoms with E-state index in [-0.39, 0.29) is 0 Å². The van der Waals surface area contributed by atoms with Crippen molar-refractivity contribution in [2.45, 2.75) is 27.2 Å². The summed E-state index contributed by atoms with van der Waals surface area (Å²) in [6.07, 6.45) is 10.9. The summed E-state index contributed by atoms with van der Waals surface area (Å²) in [6, 6.07) is 0. The molecule has 0 aromatic carbocycles. The molecule has 1 heteroatoms. The van der Waals surface area contributed by atoms with Crippen molar-refractivity contribution in [1.29, 1.82) is 0 Å². The van der Waals surface area contributed by atoms with Crippen LogP contribution in [0.4, 0.5) is 0 Å². The van der Waals surface area contributed by atoms with Gasteiger partial charge in [-0.1, -0.05) is 45.1 Å². The lowest BCUT2D eigenvalue weighted by atomic mass is 9.74. The molecule has 0 aromatic heterocycles. The van der Waals surface area contributed by atoms with Gasteiger partial charge in [0.1, 0.15) is 0 Å². The molecule has 0 radical (unpaired) electrons. The Morgan fingerprint density at radius 1 is 1.27 bits per heavy atom. The van der Waals surface area contributed by atoms with Gasteiger partial charge >= 0.3 is 0 Å². The second-order valence-electron chi connectivity index (χ2n) is 5.73. The molecule has 1 aliphatic heterocycles. The second-order valence-corrected chi connectivity index (χ2v) is 5.73. The number of hydrogen-bond donors (Lipinski definition) is 1. The smallest absolute Gasteiger partial charge is 0.00202 e. The van der Waals surface area contributed by atoms with Crippen LogP contribution >= 0.6 is 0 Å². The van der Waals surface area contributed by atoms with Gasteiger partial charge < -0.3 is 5.32 Å². The highest BCUT2D eigenvalue weighted by Gasteiger charge is 2.36. The predicted molar refractivity (Wildman–Crippen MR) is 65.7 cm³/mol. The van der Waals surface area contributed by atoms with Crippen molar-refractivity contribution in [2.75, 3.05) is 13.1 Å². The van der Waals surface area contributed by atoms with Crippen molar-refractivity contribution in [3.05, 3.63) is 24.3 Å². The minimum absolute atomic E-state index is 0.453. The molecule has 0 amide bonds. The molecule has 1 fully saturated rings. The third-order valence-corrected chi connectivity index (χ3v) is 4.07. The van der Waals surface area contributed by atoms with Gasteiger partial charge in [0.2, 0.25) is 0 Å². The summed E-state index contributed by atoms with van der Waals surface area (Å²) in [6.45, 7) is 9.33. The van der Waals surface area contributed by atoms with Crippen molar-refractivity contribution in [3.63, 3.8) is 0 Å². The number of rotatable bonds is 1. The van der Waals surface area contributed by atoms with Crippen LogP contribution in [0.1, 0.15) is 27.2 Å². The number of hydrogen-bond acceptors (Lipinski definition) is 1. The van der Waals surface area contributed by atoms with Crippen LogP contribution in [0, 0.1) is 23.2 Å². The van der Waals surface area contributed by atoms with Crippen molar-refractivity contribution >= 4 is 0 Å². The Bertz CT molecular complexity index is 277. The molecule has 1 N–H and O–H groups in total. The molecule has 0 aromatic rings. The van der Waals surface area contributed by atoms with E-state index in [4.69, 9.17) is 0 Å². The summed E-state index contributed by atoms with van der Waals surface area (Å²) in [5.74, 6) is 2.08. The maximum Gasteiger partial charge on any atom is 0.00202 e. The quantitative estimate of drug-likeness (QED) is 0.649. The maximum absolute atomic E-state index is 3.52. The van der Waals surface area contributed by atoms with E-state index in [9.17, 15) is 0 Å². The Labute approximate surface area is 93.6 Å². The van der Waals surface area contributed by atoms with E-state index in [1.54, 1.807) is 0 Å². The maximum atomic E-state index is 3.52. The van der Waals surface area contributed by atoms with Crippen LogP contribution in [0.3, 0.4) is 0 Å². The van der Waals surface area contributed by atoms with Crippen molar-refractivity contribution < 1.29 is 0 Å². The van der Waals surface area contributed by atoms with Crippen LogP contribution in [0.25, 0.3) is 0 Å². The zero-order valence-electron chi connectivity index (χ0n) is 10.2. The van der Waals surface area contributed by atoms with Gasteiger partial charge in [0, 0.05) is 13.1 Å². The lowest BCUT2D eigenvalue weighted by molar-refractivity contribution is 0.300. The first-order chi connectivity index (χ1) is 7.12. The van der Waals surface area contributed by atoms with Gasteiger partial charge in [-0.05, 0) is 29.6 Å². The van der Waals surface area contributed by atoms with Crippen LogP contribution in [0.2, 0.25) is 0 Å². The molecule has 1 aliphatic carbocycles. The van der Waals surface area contributed by atoms with Crippen molar-refractivity contribution in [3.8, 4) is 0 Å². The van der Waals surface area contributed by atoms with Crippen LogP contribution in [-0.4, -0.2) is 13.1 Å².